The Bertz CT molecular complexity index is 989. The standard InChI is InChI=1S/C20H22N4O6/c1-3-13-16-14-9-22(20(28)24(14)30-11-12-7-5-4-6-8-12)18(19(27)29-2)17(16)21-23(13)10-15(25)26/h4-8,14,18H,3,9-11H2,1-2H3,(H,25,26). The van der Waals surface area contributed by atoms with Crippen molar-refractivity contribution in [2.45, 2.75) is 38.6 Å². The van der Waals surface area contributed by atoms with Crippen molar-refractivity contribution < 1.29 is 29.1 Å². The van der Waals surface area contributed by atoms with Crippen molar-refractivity contribution in [3.63, 3.8) is 0 Å². The Balaban J connectivity index is 1.74. The number of nitrogens with zero attached hydrogens (tertiary/aromatic N) is 4. The highest BCUT2D eigenvalue weighted by atomic mass is 16.7. The minimum Gasteiger partial charge on any atom is -0.480 e. The second kappa shape index (κ2) is 7.79. The molecule has 1 N–H and O–H groups in total. The number of hydrogen-bond donors (Lipinski definition) is 1. The third-order valence-corrected chi connectivity index (χ3v) is 5.38. The number of ether oxygens (including phenoxy) is 1. The Kier molecular flexibility index (Phi) is 5.17. The summed E-state index contributed by atoms with van der Waals surface area (Å²) in [5.41, 5.74) is 2.55. The van der Waals surface area contributed by atoms with Gasteiger partial charge in [-0.3, -0.25) is 14.3 Å². The summed E-state index contributed by atoms with van der Waals surface area (Å²) >= 11 is 0. The Morgan fingerprint density at radius 1 is 1.27 bits per heavy atom. The Morgan fingerprint density at radius 3 is 2.63 bits per heavy atom. The molecule has 2 aliphatic heterocycles. The molecule has 2 aromatic rings. The van der Waals surface area contributed by atoms with E-state index in [0.29, 0.717) is 23.4 Å². The van der Waals surface area contributed by atoms with Crippen LogP contribution >= 0.6 is 0 Å². The summed E-state index contributed by atoms with van der Waals surface area (Å²) in [5, 5.41) is 14.9. The van der Waals surface area contributed by atoms with Crippen molar-refractivity contribution in [2.24, 2.45) is 0 Å². The number of esters is 1. The van der Waals surface area contributed by atoms with Crippen molar-refractivity contribution in [3.05, 3.63) is 52.8 Å². The van der Waals surface area contributed by atoms with E-state index in [1.807, 2.05) is 37.3 Å². The van der Waals surface area contributed by atoms with Crippen LogP contribution in [0, 0.1) is 0 Å². The van der Waals surface area contributed by atoms with E-state index >= 15 is 0 Å². The van der Waals surface area contributed by atoms with Crippen LogP contribution in [0.15, 0.2) is 30.3 Å². The van der Waals surface area contributed by atoms with Gasteiger partial charge < -0.3 is 14.7 Å². The predicted molar refractivity (Wildman–Crippen MR) is 102 cm³/mol. The van der Waals surface area contributed by atoms with Gasteiger partial charge >= 0.3 is 18.0 Å². The number of carboxylic acid groups (broad SMARTS) is 1. The molecule has 10 nitrogen and oxygen atoms in total. The van der Waals surface area contributed by atoms with E-state index in [0.717, 1.165) is 5.56 Å². The number of methoxy groups -OCH3 is 1. The maximum Gasteiger partial charge on any atom is 0.345 e. The molecule has 1 aromatic heterocycles. The van der Waals surface area contributed by atoms with E-state index < -0.39 is 30.1 Å². The molecular weight excluding hydrogens is 392 g/mol. The molecule has 3 heterocycles. The minimum atomic E-state index is -1.04. The molecule has 0 spiro atoms. The van der Waals surface area contributed by atoms with Crippen LogP contribution in [-0.2, 0) is 38.7 Å². The normalized spacial score (nSPS) is 19.7. The highest BCUT2D eigenvalue weighted by molar-refractivity contribution is 5.87. The molecule has 0 radical (unpaired) electrons. The molecule has 2 unspecified atom stereocenters. The average molecular weight is 414 g/mol. The summed E-state index contributed by atoms with van der Waals surface area (Å²) in [6, 6.07) is 7.44. The maximum atomic E-state index is 13.1. The summed E-state index contributed by atoms with van der Waals surface area (Å²) < 4.78 is 6.30. The number of urea groups is 1. The summed E-state index contributed by atoms with van der Waals surface area (Å²) in [5.74, 6) is -1.67. The van der Waals surface area contributed by atoms with Gasteiger partial charge in [-0.25, -0.2) is 9.59 Å². The Morgan fingerprint density at radius 2 is 2.00 bits per heavy atom. The zero-order valence-corrected chi connectivity index (χ0v) is 16.6. The molecule has 2 bridgehead atoms. The van der Waals surface area contributed by atoms with Gasteiger partial charge in [0.25, 0.3) is 0 Å². The highest BCUT2D eigenvalue weighted by Gasteiger charge is 2.54. The number of aliphatic carboxylic acids is 1. The summed E-state index contributed by atoms with van der Waals surface area (Å²) in [4.78, 5) is 44.1. The fraction of sp³-hybridized carbons (Fsp3) is 0.400. The summed E-state index contributed by atoms with van der Waals surface area (Å²) in [7, 11) is 1.24. The highest BCUT2D eigenvalue weighted by Crippen LogP contribution is 2.45. The molecule has 1 aromatic carbocycles. The van der Waals surface area contributed by atoms with Crippen LogP contribution in [0.25, 0.3) is 0 Å². The molecule has 1 saturated heterocycles. The first-order chi connectivity index (χ1) is 14.5. The number of benzene rings is 1. The Labute approximate surface area is 172 Å². The first kappa shape index (κ1) is 19.9. The molecule has 2 atom stereocenters. The predicted octanol–water partition coefficient (Wildman–Crippen LogP) is 1.67. The molecule has 1 fully saturated rings. The van der Waals surface area contributed by atoms with Crippen LogP contribution in [-0.4, -0.2) is 56.5 Å². The van der Waals surface area contributed by atoms with Crippen molar-refractivity contribution in [1.29, 1.82) is 0 Å². The third-order valence-electron chi connectivity index (χ3n) is 5.38. The number of fused-ring (bicyclic) bond motifs is 4. The first-order valence-electron chi connectivity index (χ1n) is 9.62. The van der Waals surface area contributed by atoms with Crippen LogP contribution in [0.5, 0.6) is 0 Å². The average Bonchev–Trinajstić information content (AvgIpc) is 3.23. The number of hydrogen-bond acceptors (Lipinski definition) is 6. The quantitative estimate of drug-likeness (QED) is 0.686. The fourth-order valence-electron chi connectivity index (χ4n) is 4.11. The molecule has 2 amide bonds. The van der Waals surface area contributed by atoms with Gasteiger partial charge in [-0.2, -0.15) is 10.2 Å². The Hall–Kier alpha value is -3.40. The smallest absolute Gasteiger partial charge is 0.345 e. The van der Waals surface area contributed by atoms with E-state index in [9.17, 15) is 19.5 Å². The lowest BCUT2D eigenvalue weighted by Crippen LogP contribution is -2.39. The third kappa shape index (κ3) is 3.18. The second-order valence-electron chi connectivity index (χ2n) is 7.11. The molecule has 2 aliphatic rings. The van der Waals surface area contributed by atoms with Gasteiger partial charge in [0.2, 0.25) is 0 Å². The number of rotatable bonds is 7. The van der Waals surface area contributed by atoms with Crippen LogP contribution in [0.3, 0.4) is 0 Å². The van der Waals surface area contributed by atoms with Gasteiger partial charge in [0.15, 0.2) is 6.04 Å². The van der Waals surface area contributed by atoms with Gasteiger partial charge in [0, 0.05) is 11.3 Å². The van der Waals surface area contributed by atoms with E-state index in [1.54, 1.807) is 0 Å². The van der Waals surface area contributed by atoms with Crippen molar-refractivity contribution >= 4 is 18.0 Å². The molecular formula is C20H22N4O6. The van der Waals surface area contributed by atoms with Crippen molar-refractivity contribution in [1.82, 2.24) is 19.7 Å². The molecule has 0 aliphatic carbocycles. The lowest BCUT2D eigenvalue weighted by molar-refractivity contribution is -0.146. The van der Waals surface area contributed by atoms with Crippen LogP contribution in [0.2, 0.25) is 0 Å². The number of hydroxylamine groups is 2. The first-order valence-corrected chi connectivity index (χ1v) is 9.62. The van der Waals surface area contributed by atoms with Gasteiger partial charge in [-0.15, -0.1) is 0 Å². The molecule has 158 valence electrons. The van der Waals surface area contributed by atoms with Crippen LogP contribution in [0.4, 0.5) is 4.79 Å². The van der Waals surface area contributed by atoms with Crippen LogP contribution in [0.1, 0.15) is 41.5 Å². The zero-order chi connectivity index (χ0) is 21.4. The minimum absolute atomic E-state index is 0.180. The second-order valence-corrected chi connectivity index (χ2v) is 7.11. The van der Waals surface area contributed by atoms with Crippen molar-refractivity contribution in [2.75, 3.05) is 13.7 Å². The monoisotopic (exact) mass is 414 g/mol. The van der Waals surface area contributed by atoms with E-state index in [-0.39, 0.29) is 19.7 Å². The fourth-order valence-corrected chi connectivity index (χ4v) is 4.11. The molecule has 10 heteroatoms. The lowest BCUT2D eigenvalue weighted by Gasteiger charge is -2.28. The lowest BCUT2D eigenvalue weighted by atomic mass is 9.94. The topological polar surface area (TPSA) is 114 Å². The summed E-state index contributed by atoms with van der Waals surface area (Å²) in [6.07, 6.45) is 0.487. The number of carbonyl (C=O) groups is 3. The van der Waals surface area contributed by atoms with Crippen LogP contribution < -0.4 is 0 Å². The van der Waals surface area contributed by atoms with Gasteiger partial charge in [-0.05, 0) is 12.0 Å². The number of amides is 2. The largest absolute Gasteiger partial charge is 0.480 e. The zero-order valence-electron chi connectivity index (χ0n) is 16.6. The van der Waals surface area contributed by atoms with Gasteiger partial charge in [0.05, 0.1) is 13.7 Å². The molecule has 30 heavy (non-hydrogen) atoms. The van der Waals surface area contributed by atoms with E-state index in [4.69, 9.17) is 9.57 Å². The molecule has 4 rings (SSSR count). The van der Waals surface area contributed by atoms with E-state index in [1.165, 1.54) is 21.8 Å². The molecule has 0 saturated carbocycles. The van der Waals surface area contributed by atoms with Gasteiger partial charge in [-0.1, -0.05) is 37.3 Å². The summed E-state index contributed by atoms with van der Waals surface area (Å²) in [6.45, 7) is 1.95. The number of carbonyl (C=O) groups excluding carboxylic acids is 2. The van der Waals surface area contributed by atoms with Gasteiger partial charge in [0.1, 0.15) is 24.9 Å². The van der Waals surface area contributed by atoms with Crippen molar-refractivity contribution in [3.8, 4) is 0 Å². The number of aromatic nitrogens is 2. The van der Waals surface area contributed by atoms with E-state index in [2.05, 4.69) is 5.10 Å². The SMILES string of the molecule is CCc1c2c(nn1CC(=O)O)C(C(=O)OC)N1CC2N(OCc2ccccc2)C1=O. The maximum absolute atomic E-state index is 13.1. The number of carboxylic acids is 1.